The van der Waals surface area contributed by atoms with Crippen molar-refractivity contribution in [3.05, 3.63) is 35.1 Å². The molecule has 1 aliphatic heterocycles. The lowest BCUT2D eigenvalue weighted by Gasteiger charge is -2.15. The predicted molar refractivity (Wildman–Crippen MR) is 71.1 cm³/mol. The van der Waals surface area contributed by atoms with Gasteiger partial charge in [-0.2, -0.15) is 5.26 Å². The zero-order valence-electron chi connectivity index (χ0n) is 11.6. The standard InChI is InChI=1S/C15H17FN2O2/c1-10-7-18(9-13(10)15(19)20-2)8-11-3-4-14(16)12(5-11)6-17/h3-5,10,13H,7-9H2,1-2H3. The Bertz CT molecular complexity index is 553. The largest absolute Gasteiger partial charge is 0.469 e. The van der Waals surface area contributed by atoms with Crippen molar-refractivity contribution in [3.8, 4) is 6.07 Å². The number of nitriles is 1. The lowest BCUT2D eigenvalue weighted by molar-refractivity contribution is -0.146. The molecule has 0 spiro atoms. The van der Waals surface area contributed by atoms with Crippen LogP contribution in [0.2, 0.25) is 0 Å². The van der Waals surface area contributed by atoms with E-state index in [-0.39, 0.29) is 23.4 Å². The number of hydrogen-bond donors (Lipinski definition) is 0. The van der Waals surface area contributed by atoms with Crippen LogP contribution in [0.4, 0.5) is 4.39 Å². The van der Waals surface area contributed by atoms with Crippen molar-refractivity contribution in [1.82, 2.24) is 4.90 Å². The number of hydrogen-bond acceptors (Lipinski definition) is 4. The molecule has 5 heteroatoms. The first kappa shape index (κ1) is 14.5. The van der Waals surface area contributed by atoms with E-state index in [0.717, 1.165) is 12.1 Å². The first-order valence-electron chi connectivity index (χ1n) is 6.54. The summed E-state index contributed by atoms with van der Waals surface area (Å²) in [4.78, 5) is 13.8. The topological polar surface area (TPSA) is 53.3 Å². The zero-order chi connectivity index (χ0) is 14.7. The van der Waals surface area contributed by atoms with E-state index >= 15 is 0 Å². The van der Waals surface area contributed by atoms with Gasteiger partial charge >= 0.3 is 5.97 Å². The highest BCUT2D eigenvalue weighted by molar-refractivity contribution is 5.73. The maximum atomic E-state index is 13.3. The predicted octanol–water partition coefficient (Wildman–Crippen LogP) is 1.94. The van der Waals surface area contributed by atoms with Crippen molar-refractivity contribution in [3.63, 3.8) is 0 Å². The second kappa shape index (κ2) is 6.02. The van der Waals surface area contributed by atoms with E-state index in [1.54, 1.807) is 12.1 Å². The summed E-state index contributed by atoms with van der Waals surface area (Å²) in [6, 6.07) is 6.38. The summed E-state index contributed by atoms with van der Waals surface area (Å²) in [5.41, 5.74) is 0.930. The summed E-state index contributed by atoms with van der Waals surface area (Å²) in [7, 11) is 1.40. The van der Waals surface area contributed by atoms with E-state index in [9.17, 15) is 9.18 Å². The summed E-state index contributed by atoms with van der Waals surface area (Å²) < 4.78 is 18.1. The molecule has 1 saturated heterocycles. The van der Waals surface area contributed by atoms with E-state index < -0.39 is 5.82 Å². The average Bonchev–Trinajstić information content (AvgIpc) is 2.80. The summed E-state index contributed by atoms with van der Waals surface area (Å²) in [5, 5.41) is 8.83. The number of esters is 1. The molecule has 1 aliphatic rings. The third-order valence-electron chi connectivity index (χ3n) is 3.75. The van der Waals surface area contributed by atoms with Gasteiger partial charge in [0.05, 0.1) is 18.6 Å². The first-order chi connectivity index (χ1) is 9.55. The molecule has 2 atom stereocenters. The third-order valence-corrected chi connectivity index (χ3v) is 3.75. The molecule has 2 unspecified atom stereocenters. The monoisotopic (exact) mass is 276 g/mol. The Hall–Kier alpha value is -1.93. The molecule has 1 heterocycles. The van der Waals surface area contributed by atoms with Crippen LogP contribution in [0.25, 0.3) is 0 Å². The summed E-state index contributed by atoms with van der Waals surface area (Å²) in [6.45, 7) is 4.05. The second-order valence-electron chi connectivity index (χ2n) is 5.23. The van der Waals surface area contributed by atoms with Gasteiger partial charge in [0.1, 0.15) is 11.9 Å². The molecule has 0 bridgehead atoms. The van der Waals surface area contributed by atoms with Crippen molar-refractivity contribution < 1.29 is 13.9 Å². The molecule has 0 aliphatic carbocycles. The minimum atomic E-state index is -0.501. The molecular formula is C15H17FN2O2. The Kier molecular flexibility index (Phi) is 4.35. The fourth-order valence-electron chi connectivity index (χ4n) is 2.67. The van der Waals surface area contributed by atoms with Gasteiger partial charge in [0, 0.05) is 19.6 Å². The quantitative estimate of drug-likeness (QED) is 0.792. The Morgan fingerprint density at radius 3 is 2.95 bits per heavy atom. The average molecular weight is 276 g/mol. The van der Waals surface area contributed by atoms with Crippen LogP contribution in [-0.2, 0) is 16.1 Å². The van der Waals surface area contributed by atoms with Crippen LogP contribution in [0.3, 0.4) is 0 Å². The van der Waals surface area contributed by atoms with E-state index in [4.69, 9.17) is 10.00 Å². The lowest BCUT2D eigenvalue weighted by atomic mass is 9.99. The fraction of sp³-hybridized carbons (Fsp3) is 0.467. The molecule has 1 aromatic rings. The molecule has 4 nitrogen and oxygen atoms in total. The van der Waals surface area contributed by atoms with Gasteiger partial charge in [-0.3, -0.25) is 9.69 Å². The molecule has 0 aromatic heterocycles. The highest BCUT2D eigenvalue weighted by Crippen LogP contribution is 2.25. The molecule has 2 rings (SSSR count). The van der Waals surface area contributed by atoms with Gasteiger partial charge in [-0.1, -0.05) is 13.0 Å². The number of carbonyl (C=O) groups is 1. The summed E-state index contributed by atoms with van der Waals surface area (Å²) >= 11 is 0. The van der Waals surface area contributed by atoms with E-state index in [1.807, 2.05) is 13.0 Å². The Morgan fingerprint density at radius 2 is 2.30 bits per heavy atom. The normalized spacial score (nSPS) is 22.5. The molecule has 1 aromatic carbocycles. The maximum absolute atomic E-state index is 13.3. The van der Waals surface area contributed by atoms with Gasteiger partial charge in [-0.25, -0.2) is 4.39 Å². The van der Waals surface area contributed by atoms with Crippen molar-refractivity contribution >= 4 is 5.97 Å². The van der Waals surface area contributed by atoms with E-state index in [2.05, 4.69) is 4.90 Å². The Balaban J connectivity index is 2.05. The molecule has 20 heavy (non-hydrogen) atoms. The van der Waals surface area contributed by atoms with Crippen molar-refractivity contribution in [2.45, 2.75) is 13.5 Å². The molecule has 1 fully saturated rings. The Labute approximate surface area is 117 Å². The highest BCUT2D eigenvalue weighted by Gasteiger charge is 2.35. The zero-order valence-corrected chi connectivity index (χ0v) is 11.6. The van der Waals surface area contributed by atoms with E-state index in [0.29, 0.717) is 13.1 Å². The molecule has 0 saturated carbocycles. The van der Waals surface area contributed by atoms with Crippen LogP contribution in [-0.4, -0.2) is 31.1 Å². The van der Waals surface area contributed by atoms with Crippen molar-refractivity contribution in [2.75, 3.05) is 20.2 Å². The van der Waals surface area contributed by atoms with Crippen molar-refractivity contribution in [2.24, 2.45) is 11.8 Å². The number of nitrogens with zero attached hydrogens (tertiary/aromatic N) is 2. The summed E-state index contributed by atoms with van der Waals surface area (Å²) in [5.74, 6) is -0.565. The molecule has 0 radical (unpaired) electrons. The molecular weight excluding hydrogens is 259 g/mol. The van der Waals surface area contributed by atoms with Gasteiger partial charge < -0.3 is 4.74 Å². The second-order valence-corrected chi connectivity index (χ2v) is 5.23. The fourth-order valence-corrected chi connectivity index (χ4v) is 2.67. The maximum Gasteiger partial charge on any atom is 0.310 e. The van der Waals surface area contributed by atoms with Gasteiger partial charge in [-0.15, -0.1) is 0 Å². The van der Waals surface area contributed by atoms with Crippen LogP contribution in [0.1, 0.15) is 18.1 Å². The van der Waals surface area contributed by atoms with Crippen LogP contribution < -0.4 is 0 Å². The lowest BCUT2D eigenvalue weighted by Crippen LogP contribution is -2.24. The number of ether oxygens (including phenoxy) is 1. The number of benzene rings is 1. The molecule has 0 amide bonds. The smallest absolute Gasteiger partial charge is 0.310 e. The molecule has 106 valence electrons. The number of methoxy groups -OCH3 is 1. The molecule has 0 N–H and O–H groups in total. The minimum Gasteiger partial charge on any atom is -0.469 e. The van der Waals surface area contributed by atoms with Crippen LogP contribution in [0, 0.1) is 29.0 Å². The number of rotatable bonds is 3. The van der Waals surface area contributed by atoms with Crippen molar-refractivity contribution in [1.29, 1.82) is 5.26 Å². The van der Waals surface area contributed by atoms with E-state index in [1.165, 1.54) is 13.2 Å². The number of carbonyl (C=O) groups excluding carboxylic acids is 1. The first-order valence-corrected chi connectivity index (χ1v) is 6.54. The minimum absolute atomic E-state index is 0.0549. The third kappa shape index (κ3) is 2.97. The summed E-state index contributed by atoms with van der Waals surface area (Å²) in [6.07, 6.45) is 0. The van der Waals surface area contributed by atoms with Gasteiger partial charge in [0.2, 0.25) is 0 Å². The highest BCUT2D eigenvalue weighted by atomic mass is 19.1. The van der Waals surface area contributed by atoms with Crippen LogP contribution in [0.5, 0.6) is 0 Å². The van der Waals surface area contributed by atoms with Gasteiger partial charge in [0.15, 0.2) is 0 Å². The van der Waals surface area contributed by atoms with Gasteiger partial charge in [-0.05, 0) is 23.6 Å². The Morgan fingerprint density at radius 1 is 1.55 bits per heavy atom. The van der Waals surface area contributed by atoms with Crippen LogP contribution >= 0.6 is 0 Å². The van der Waals surface area contributed by atoms with Crippen LogP contribution in [0.15, 0.2) is 18.2 Å². The number of likely N-dealkylation sites (tertiary alicyclic amines) is 1. The number of halogens is 1. The SMILES string of the molecule is COC(=O)C1CN(Cc2ccc(F)c(C#N)c2)CC1C. The van der Waals surface area contributed by atoms with Gasteiger partial charge in [0.25, 0.3) is 0 Å².